The number of halogens is 1. The molecule has 0 amide bonds. The molecule has 0 bridgehead atoms. The summed E-state index contributed by atoms with van der Waals surface area (Å²) < 4.78 is 0. The van der Waals surface area contributed by atoms with Crippen molar-refractivity contribution in [3.8, 4) is 0 Å². The molecule has 0 fully saturated rings. The molecule has 0 saturated heterocycles. The molecule has 1 N–H and O–H groups in total. The fourth-order valence-electron chi connectivity index (χ4n) is 1.80. The van der Waals surface area contributed by atoms with Gasteiger partial charge in [-0.2, -0.15) is 0 Å². The first-order chi connectivity index (χ1) is 9.19. The Morgan fingerprint density at radius 3 is 2.89 bits per heavy atom. The third kappa shape index (κ3) is 3.83. The maximum atomic E-state index is 5.98. The number of hydrogen-bond acceptors (Lipinski definition) is 4. The van der Waals surface area contributed by atoms with E-state index in [2.05, 4.69) is 15.3 Å². The zero-order valence-corrected chi connectivity index (χ0v) is 11.9. The molecule has 5 heteroatoms. The summed E-state index contributed by atoms with van der Waals surface area (Å²) in [6, 6.07) is 7.83. The lowest BCUT2D eigenvalue weighted by atomic mass is 10.2. The Bertz CT molecular complexity index is 544. The van der Waals surface area contributed by atoms with Gasteiger partial charge in [0.2, 0.25) is 0 Å². The number of nitrogens with one attached hydrogen (secondary N) is 1. The lowest BCUT2D eigenvalue weighted by Gasteiger charge is -2.18. The maximum absolute atomic E-state index is 5.98. The smallest absolute Gasteiger partial charge is 0.149 e. The number of aromatic nitrogens is 2. The van der Waals surface area contributed by atoms with Gasteiger partial charge in [0.25, 0.3) is 0 Å². The van der Waals surface area contributed by atoms with Gasteiger partial charge in [-0.25, -0.2) is 4.98 Å². The van der Waals surface area contributed by atoms with Crippen LogP contribution in [-0.2, 0) is 6.54 Å². The second-order valence-electron chi connectivity index (χ2n) is 4.28. The summed E-state index contributed by atoms with van der Waals surface area (Å²) in [6.07, 6.45) is 3.48. The monoisotopic (exact) mass is 276 g/mol. The van der Waals surface area contributed by atoms with Crippen LogP contribution in [0.4, 0.5) is 11.6 Å². The van der Waals surface area contributed by atoms with E-state index in [4.69, 9.17) is 11.6 Å². The molecule has 1 aromatic carbocycles. The minimum Gasteiger partial charge on any atom is -0.369 e. The van der Waals surface area contributed by atoms with Crippen LogP contribution in [0.5, 0.6) is 0 Å². The first-order valence-electron chi connectivity index (χ1n) is 6.20. The van der Waals surface area contributed by atoms with Crippen LogP contribution < -0.4 is 10.2 Å². The topological polar surface area (TPSA) is 41.1 Å². The molecule has 0 unspecified atom stereocenters. The number of nitrogens with zero attached hydrogens (tertiary/aromatic N) is 3. The predicted octanol–water partition coefficient (Wildman–Crippen LogP) is 3.20. The molecule has 0 aliphatic carbocycles. The second-order valence-corrected chi connectivity index (χ2v) is 4.72. The van der Waals surface area contributed by atoms with Gasteiger partial charge in [-0.15, -0.1) is 0 Å². The molecule has 19 heavy (non-hydrogen) atoms. The Morgan fingerprint density at radius 1 is 1.32 bits per heavy atom. The fourth-order valence-corrected chi connectivity index (χ4v) is 2.01. The molecular formula is C14H17ClN4. The van der Waals surface area contributed by atoms with Gasteiger partial charge in [0, 0.05) is 25.2 Å². The van der Waals surface area contributed by atoms with Gasteiger partial charge in [-0.3, -0.25) is 4.98 Å². The van der Waals surface area contributed by atoms with Crippen molar-refractivity contribution < 1.29 is 0 Å². The molecule has 0 aliphatic rings. The highest BCUT2D eigenvalue weighted by atomic mass is 35.5. The zero-order chi connectivity index (χ0) is 13.7. The van der Waals surface area contributed by atoms with E-state index in [9.17, 15) is 0 Å². The van der Waals surface area contributed by atoms with Crippen LogP contribution in [0.3, 0.4) is 0 Å². The van der Waals surface area contributed by atoms with Gasteiger partial charge < -0.3 is 10.2 Å². The zero-order valence-electron chi connectivity index (χ0n) is 11.1. The summed E-state index contributed by atoms with van der Waals surface area (Å²) in [7, 11) is 1.99. The highest BCUT2D eigenvalue weighted by Crippen LogP contribution is 2.16. The fraction of sp³-hybridized carbons (Fsp3) is 0.286. The molecule has 0 spiro atoms. The summed E-state index contributed by atoms with van der Waals surface area (Å²) in [4.78, 5) is 10.7. The highest BCUT2D eigenvalue weighted by molar-refractivity contribution is 6.30. The van der Waals surface area contributed by atoms with Crippen LogP contribution in [0.2, 0.25) is 5.02 Å². The second kappa shape index (κ2) is 6.38. The van der Waals surface area contributed by atoms with Crippen molar-refractivity contribution in [1.82, 2.24) is 9.97 Å². The molecule has 0 aliphatic heterocycles. The van der Waals surface area contributed by atoms with Gasteiger partial charge in [-0.1, -0.05) is 23.7 Å². The number of rotatable bonds is 5. The van der Waals surface area contributed by atoms with E-state index in [1.165, 1.54) is 0 Å². The standard InChI is InChI=1S/C14H17ClN4/c1-3-17-13-8-16-9-14(18-13)19(2)10-11-5-4-6-12(15)7-11/h4-9H,3,10H2,1-2H3,(H,17,18). The van der Waals surface area contributed by atoms with Gasteiger partial charge in [0.1, 0.15) is 11.6 Å². The minimum atomic E-state index is 0.741. The Hall–Kier alpha value is -1.81. The van der Waals surface area contributed by atoms with E-state index in [1.54, 1.807) is 12.4 Å². The molecule has 2 aromatic rings. The molecule has 0 saturated carbocycles. The van der Waals surface area contributed by atoms with E-state index in [1.807, 2.05) is 43.1 Å². The first-order valence-corrected chi connectivity index (χ1v) is 6.58. The average Bonchev–Trinajstić information content (AvgIpc) is 2.39. The van der Waals surface area contributed by atoms with Crippen molar-refractivity contribution in [2.24, 2.45) is 0 Å². The predicted molar refractivity (Wildman–Crippen MR) is 79.8 cm³/mol. The molecular weight excluding hydrogens is 260 g/mol. The van der Waals surface area contributed by atoms with Crippen molar-refractivity contribution in [2.45, 2.75) is 13.5 Å². The van der Waals surface area contributed by atoms with E-state index in [0.29, 0.717) is 0 Å². The summed E-state index contributed by atoms with van der Waals surface area (Å²) in [5, 5.41) is 3.90. The van der Waals surface area contributed by atoms with Crippen LogP contribution >= 0.6 is 11.6 Å². The van der Waals surface area contributed by atoms with Crippen LogP contribution in [-0.4, -0.2) is 23.6 Å². The quantitative estimate of drug-likeness (QED) is 0.911. The van der Waals surface area contributed by atoms with E-state index in [-0.39, 0.29) is 0 Å². The number of hydrogen-bond donors (Lipinski definition) is 1. The lowest BCUT2D eigenvalue weighted by molar-refractivity contribution is 0.889. The SMILES string of the molecule is CCNc1cncc(N(C)Cc2cccc(Cl)c2)n1. The Morgan fingerprint density at radius 2 is 2.16 bits per heavy atom. The Balaban J connectivity index is 2.11. The van der Waals surface area contributed by atoms with Gasteiger partial charge in [0.15, 0.2) is 0 Å². The van der Waals surface area contributed by atoms with Crippen LogP contribution in [0, 0.1) is 0 Å². The third-order valence-corrected chi connectivity index (χ3v) is 2.91. The van der Waals surface area contributed by atoms with E-state index >= 15 is 0 Å². The lowest BCUT2D eigenvalue weighted by Crippen LogP contribution is -2.18. The molecule has 1 heterocycles. The van der Waals surface area contributed by atoms with E-state index in [0.717, 1.165) is 35.3 Å². The van der Waals surface area contributed by atoms with Gasteiger partial charge >= 0.3 is 0 Å². The Labute approximate surface area is 118 Å². The van der Waals surface area contributed by atoms with Crippen molar-refractivity contribution in [3.05, 3.63) is 47.2 Å². The van der Waals surface area contributed by atoms with Gasteiger partial charge in [-0.05, 0) is 24.6 Å². The first kappa shape index (κ1) is 13.6. The van der Waals surface area contributed by atoms with Crippen molar-refractivity contribution in [2.75, 3.05) is 23.8 Å². The van der Waals surface area contributed by atoms with E-state index < -0.39 is 0 Å². The molecule has 0 radical (unpaired) electrons. The highest BCUT2D eigenvalue weighted by Gasteiger charge is 2.05. The van der Waals surface area contributed by atoms with Crippen LogP contribution in [0.15, 0.2) is 36.7 Å². The number of benzene rings is 1. The van der Waals surface area contributed by atoms with Crippen molar-refractivity contribution in [3.63, 3.8) is 0 Å². The molecule has 4 nitrogen and oxygen atoms in total. The van der Waals surface area contributed by atoms with Crippen LogP contribution in [0.25, 0.3) is 0 Å². The average molecular weight is 277 g/mol. The molecule has 0 atom stereocenters. The Kier molecular flexibility index (Phi) is 4.58. The number of anilines is 2. The molecule has 1 aromatic heterocycles. The summed E-state index contributed by atoms with van der Waals surface area (Å²) >= 11 is 5.98. The van der Waals surface area contributed by atoms with Crippen molar-refractivity contribution in [1.29, 1.82) is 0 Å². The van der Waals surface area contributed by atoms with Crippen LogP contribution in [0.1, 0.15) is 12.5 Å². The van der Waals surface area contributed by atoms with Gasteiger partial charge in [0.05, 0.1) is 12.4 Å². The van der Waals surface area contributed by atoms with Crippen molar-refractivity contribution >= 4 is 23.2 Å². The summed E-state index contributed by atoms with van der Waals surface area (Å²) in [6.45, 7) is 3.60. The normalized spacial score (nSPS) is 10.3. The summed E-state index contributed by atoms with van der Waals surface area (Å²) in [5.74, 6) is 1.62. The third-order valence-electron chi connectivity index (χ3n) is 2.68. The molecule has 2 rings (SSSR count). The molecule has 100 valence electrons. The summed E-state index contributed by atoms with van der Waals surface area (Å²) in [5.41, 5.74) is 1.14. The largest absolute Gasteiger partial charge is 0.369 e. The minimum absolute atomic E-state index is 0.741. The maximum Gasteiger partial charge on any atom is 0.149 e.